The van der Waals surface area contributed by atoms with Crippen LogP contribution >= 0.6 is 11.8 Å². The summed E-state index contributed by atoms with van der Waals surface area (Å²) in [5.74, 6) is 2.57. The summed E-state index contributed by atoms with van der Waals surface area (Å²) in [6.45, 7) is 2.16. The van der Waals surface area contributed by atoms with Crippen LogP contribution in [-0.4, -0.2) is 30.9 Å². The number of pyridine rings is 1. The lowest BCUT2D eigenvalue weighted by Crippen LogP contribution is -2.15. The maximum atomic E-state index is 12.6. The van der Waals surface area contributed by atoms with E-state index >= 15 is 0 Å². The van der Waals surface area contributed by atoms with E-state index in [0.29, 0.717) is 39.6 Å². The molecule has 0 amide bonds. The molecule has 1 aliphatic heterocycles. The fourth-order valence-corrected chi connectivity index (χ4v) is 4.76. The van der Waals surface area contributed by atoms with E-state index in [1.165, 1.54) is 11.8 Å². The fraction of sp³-hybridized carbons (Fsp3) is 0.120. The average Bonchev–Trinajstić information content (AvgIpc) is 3.50. The van der Waals surface area contributed by atoms with E-state index in [-0.39, 0.29) is 12.4 Å². The number of nitrogens with zero attached hydrogens (tertiary/aromatic N) is 5. The molecule has 0 N–H and O–H groups in total. The topological polar surface area (TPSA) is 83.5 Å². The minimum Gasteiger partial charge on any atom is -0.454 e. The Morgan fingerprint density at radius 2 is 1.82 bits per heavy atom. The van der Waals surface area contributed by atoms with Gasteiger partial charge in [-0.1, -0.05) is 36.0 Å². The third-order valence-electron chi connectivity index (χ3n) is 5.57. The molecule has 6 rings (SSSR count). The first-order valence-electron chi connectivity index (χ1n) is 10.7. The van der Waals surface area contributed by atoms with Crippen molar-refractivity contribution in [2.24, 2.45) is 0 Å². The van der Waals surface area contributed by atoms with Gasteiger partial charge in [0, 0.05) is 29.3 Å². The first kappa shape index (κ1) is 20.5. The highest BCUT2D eigenvalue weighted by molar-refractivity contribution is 7.98. The normalized spacial score (nSPS) is 12.4. The van der Waals surface area contributed by atoms with Gasteiger partial charge in [0.15, 0.2) is 22.5 Å². The molecule has 4 heterocycles. The van der Waals surface area contributed by atoms with Crippen LogP contribution in [0.15, 0.2) is 82.9 Å². The van der Waals surface area contributed by atoms with Gasteiger partial charge in [0.25, 0.3) is 5.56 Å². The molecule has 9 heteroatoms. The molecule has 3 aromatic heterocycles. The van der Waals surface area contributed by atoms with Gasteiger partial charge in [-0.05, 0) is 48.9 Å². The lowest BCUT2D eigenvalue weighted by molar-refractivity contribution is 0.174. The summed E-state index contributed by atoms with van der Waals surface area (Å²) in [5, 5.41) is 9.66. The lowest BCUT2D eigenvalue weighted by atomic mass is 10.2. The van der Waals surface area contributed by atoms with Crippen molar-refractivity contribution in [1.82, 2.24) is 24.1 Å². The summed E-state index contributed by atoms with van der Waals surface area (Å²) < 4.78 is 14.6. The SMILES string of the molecule is Cc1cccn2c(=O)cc(CSc3nnc(-c4ccc5c(c4)OCO5)n3-c3ccccc3)nc12. The van der Waals surface area contributed by atoms with E-state index in [0.717, 1.165) is 16.8 Å². The Hall–Kier alpha value is -4.11. The van der Waals surface area contributed by atoms with Crippen LogP contribution in [-0.2, 0) is 5.75 Å². The number of aryl methyl sites for hydroxylation is 1. The van der Waals surface area contributed by atoms with E-state index in [2.05, 4.69) is 10.2 Å². The maximum Gasteiger partial charge on any atom is 0.258 e. The van der Waals surface area contributed by atoms with Gasteiger partial charge in [-0.2, -0.15) is 0 Å². The fourth-order valence-electron chi connectivity index (χ4n) is 3.92. The molecule has 168 valence electrons. The summed E-state index contributed by atoms with van der Waals surface area (Å²) in [6.07, 6.45) is 1.73. The van der Waals surface area contributed by atoms with Gasteiger partial charge in [-0.3, -0.25) is 13.8 Å². The number of benzene rings is 2. The average molecular weight is 470 g/mol. The zero-order chi connectivity index (χ0) is 23.1. The number of fused-ring (bicyclic) bond motifs is 2. The van der Waals surface area contributed by atoms with E-state index in [4.69, 9.17) is 14.5 Å². The summed E-state index contributed by atoms with van der Waals surface area (Å²) in [7, 11) is 0. The third-order valence-corrected chi connectivity index (χ3v) is 6.53. The highest BCUT2D eigenvalue weighted by Crippen LogP contribution is 2.37. The van der Waals surface area contributed by atoms with Crippen molar-refractivity contribution in [2.45, 2.75) is 17.8 Å². The number of para-hydroxylation sites is 1. The summed E-state index contributed by atoms with van der Waals surface area (Å²) in [4.78, 5) is 17.3. The Balaban J connectivity index is 1.39. The molecule has 0 spiro atoms. The van der Waals surface area contributed by atoms with Crippen molar-refractivity contribution in [3.05, 3.63) is 94.5 Å². The predicted molar refractivity (Wildman–Crippen MR) is 129 cm³/mol. The first-order valence-corrected chi connectivity index (χ1v) is 11.7. The predicted octanol–water partition coefficient (Wildman–Crippen LogP) is 4.27. The zero-order valence-electron chi connectivity index (χ0n) is 18.2. The first-order chi connectivity index (χ1) is 16.7. The number of aromatic nitrogens is 5. The van der Waals surface area contributed by atoms with Crippen LogP contribution < -0.4 is 15.0 Å². The maximum absolute atomic E-state index is 12.6. The minimum atomic E-state index is -0.102. The number of ether oxygens (including phenoxy) is 2. The highest BCUT2D eigenvalue weighted by atomic mass is 32.2. The molecule has 0 radical (unpaired) electrons. The van der Waals surface area contributed by atoms with Gasteiger partial charge in [0.05, 0.1) is 5.69 Å². The van der Waals surface area contributed by atoms with Gasteiger partial charge in [-0.15, -0.1) is 10.2 Å². The molecule has 0 saturated heterocycles. The standard InChI is InChI=1S/C25H19N5O3S/c1-16-6-5-11-29-22(31)13-18(26-23(16)29)14-34-25-28-27-24(30(25)19-7-3-2-4-8-19)17-9-10-20-21(12-17)33-15-32-20/h2-13H,14-15H2,1H3. The third kappa shape index (κ3) is 3.60. The van der Waals surface area contributed by atoms with Crippen LogP contribution in [0.5, 0.6) is 11.5 Å². The van der Waals surface area contributed by atoms with Crippen LogP contribution in [0.1, 0.15) is 11.3 Å². The number of hydrogen-bond donors (Lipinski definition) is 0. The minimum absolute atomic E-state index is 0.102. The van der Waals surface area contributed by atoms with Gasteiger partial charge in [0.1, 0.15) is 5.65 Å². The highest BCUT2D eigenvalue weighted by Gasteiger charge is 2.20. The van der Waals surface area contributed by atoms with E-state index in [9.17, 15) is 4.79 Å². The van der Waals surface area contributed by atoms with Crippen molar-refractivity contribution in [1.29, 1.82) is 0 Å². The largest absolute Gasteiger partial charge is 0.454 e. The summed E-state index contributed by atoms with van der Waals surface area (Å²) >= 11 is 1.48. The van der Waals surface area contributed by atoms with Crippen LogP contribution in [0.4, 0.5) is 0 Å². The quantitative estimate of drug-likeness (QED) is 0.356. The molecular formula is C25H19N5O3S. The van der Waals surface area contributed by atoms with Gasteiger partial charge in [0.2, 0.25) is 6.79 Å². The van der Waals surface area contributed by atoms with Crippen molar-refractivity contribution in [3.63, 3.8) is 0 Å². The molecule has 0 bridgehead atoms. The van der Waals surface area contributed by atoms with E-state index in [1.807, 2.05) is 72.2 Å². The van der Waals surface area contributed by atoms with Crippen molar-refractivity contribution in [2.75, 3.05) is 6.79 Å². The van der Waals surface area contributed by atoms with E-state index in [1.54, 1.807) is 16.7 Å². The molecule has 0 fully saturated rings. The van der Waals surface area contributed by atoms with Gasteiger partial charge in [-0.25, -0.2) is 4.98 Å². The molecule has 34 heavy (non-hydrogen) atoms. The summed E-state index contributed by atoms with van der Waals surface area (Å²) in [5.41, 5.74) is 4.00. The van der Waals surface area contributed by atoms with Crippen molar-refractivity contribution >= 4 is 17.4 Å². The summed E-state index contributed by atoms with van der Waals surface area (Å²) in [6, 6.07) is 21.0. The second-order valence-electron chi connectivity index (χ2n) is 7.80. The Morgan fingerprint density at radius 3 is 2.71 bits per heavy atom. The Kier molecular flexibility index (Phi) is 5.03. The van der Waals surface area contributed by atoms with Gasteiger partial charge >= 0.3 is 0 Å². The lowest BCUT2D eigenvalue weighted by Gasteiger charge is -2.11. The van der Waals surface area contributed by atoms with Crippen LogP contribution in [0.2, 0.25) is 0 Å². The van der Waals surface area contributed by atoms with Crippen molar-refractivity contribution < 1.29 is 9.47 Å². The molecule has 1 aliphatic rings. The van der Waals surface area contributed by atoms with Crippen LogP contribution in [0.25, 0.3) is 22.7 Å². The molecule has 0 aliphatic carbocycles. The Labute approximate surface area is 198 Å². The van der Waals surface area contributed by atoms with E-state index < -0.39 is 0 Å². The van der Waals surface area contributed by atoms with Crippen molar-refractivity contribution in [3.8, 4) is 28.6 Å². The monoisotopic (exact) mass is 469 g/mol. The molecule has 5 aromatic rings. The second kappa shape index (κ2) is 8.35. The second-order valence-corrected chi connectivity index (χ2v) is 8.75. The molecule has 2 aromatic carbocycles. The Morgan fingerprint density at radius 1 is 0.971 bits per heavy atom. The molecular weight excluding hydrogens is 450 g/mol. The van der Waals surface area contributed by atoms with Crippen LogP contribution in [0.3, 0.4) is 0 Å². The number of hydrogen-bond acceptors (Lipinski definition) is 7. The number of rotatable bonds is 5. The molecule has 0 atom stereocenters. The smallest absolute Gasteiger partial charge is 0.258 e. The van der Waals surface area contributed by atoms with Gasteiger partial charge < -0.3 is 9.47 Å². The number of thioether (sulfide) groups is 1. The van der Waals surface area contributed by atoms with Crippen LogP contribution in [0, 0.1) is 6.92 Å². The molecule has 0 saturated carbocycles. The molecule has 0 unspecified atom stereocenters. The molecule has 8 nitrogen and oxygen atoms in total. The Bertz CT molecular complexity index is 1580. The zero-order valence-corrected chi connectivity index (χ0v) is 19.0.